The predicted octanol–water partition coefficient (Wildman–Crippen LogP) is 2.72. The highest BCUT2D eigenvalue weighted by Gasteiger charge is 2.13. The van der Waals surface area contributed by atoms with Crippen LogP contribution in [0.5, 0.6) is 0 Å². The number of carbonyl (C=O) groups is 1. The third-order valence-corrected chi connectivity index (χ3v) is 2.79. The van der Waals surface area contributed by atoms with E-state index in [-0.39, 0.29) is 5.69 Å². The van der Waals surface area contributed by atoms with Gasteiger partial charge in [-0.1, -0.05) is 13.3 Å². The maximum absolute atomic E-state index is 13.5. The number of unbranched alkanes of at least 4 members (excludes halogenated alkanes) is 1. The lowest BCUT2D eigenvalue weighted by molar-refractivity contribution is 0.0692. The molecule has 0 aromatic heterocycles. The summed E-state index contributed by atoms with van der Waals surface area (Å²) in [5.41, 5.74) is 5.89. The Balaban J connectivity index is 2.41. The van der Waals surface area contributed by atoms with Gasteiger partial charge in [0.1, 0.15) is 5.82 Å². The number of carboxylic acid groups (broad SMARTS) is 1. The van der Waals surface area contributed by atoms with E-state index in [1.165, 1.54) is 0 Å². The van der Waals surface area contributed by atoms with Crippen LogP contribution in [0.1, 0.15) is 36.5 Å². The Morgan fingerprint density at radius 2 is 2.10 bits per heavy atom. The maximum atomic E-state index is 13.5. The van der Waals surface area contributed by atoms with Crippen LogP contribution in [0.4, 0.5) is 15.8 Å². The summed E-state index contributed by atoms with van der Waals surface area (Å²) in [5, 5.41) is 11.7. The molecule has 0 bridgehead atoms. The molecule has 0 aliphatic rings. The second-order valence-electron chi connectivity index (χ2n) is 4.47. The Labute approximate surface area is 117 Å². The van der Waals surface area contributed by atoms with Crippen molar-refractivity contribution < 1.29 is 19.0 Å². The second-order valence-corrected chi connectivity index (χ2v) is 4.47. The van der Waals surface area contributed by atoms with Crippen molar-refractivity contribution in [2.24, 2.45) is 0 Å². The molecule has 20 heavy (non-hydrogen) atoms. The van der Waals surface area contributed by atoms with Crippen LogP contribution < -0.4 is 11.1 Å². The normalized spacial score (nSPS) is 10.5. The van der Waals surface area contributed by atoms with Crippen LogP contribution >= 0.6 is 0 Å². The molecule has 0 unspecified atom stereocenters. The monoisotopic (exact) mass is 284 g/mol. The van der Waals surface area contributed by atoms with E-state index < -0.39 is 17.3 Å². The van der Waals surface area contributed by atoms with Gasteiger partial charge in [0.15, 0.2) is 0 Å². The summed E-state index contributed by atoms with van der Waals surface area (Å²) in [6.07, 6.45) is 2.91. The van der Waals surface area contributed by atoms with Crippen molar-refractivity contribution in [3.05, 3.63) is 23.5 Å². The smallest absolute Gasteiger partial charge is 0.338 e. The molecule has 1 rings (SSSR count). The number of hydrogen-bond acceptors (Lipinski definition) is 4. The zero-order valence-corrected chi connectivity index (χ0v) is 11.6. The zero-order valence-electron chi connectivity index (χ0n) is 11.6. The molecule has 112 valence electrons. The summed E-state index contributed by atoms with van der Waals surface area (Å²) in [6, 6.07) is 2.23. The van der Waals surface area contributed by atoms with Gasteiger partial charge in [-0.15, -0.1) is 0 Å². The van der Waals surface area contributed by atoms with E-state index >= 15 is 0 Å². The number of ether oxygens (including phenoxy) is 1. The van der Waals surface area contributed by atoms with Crippen LogP contribution in [-0.2, 0) is 4.74 Å². The first-order valence-corrected chi connectivity index (χ1v) is 6.70. The van der Waals surface area contributed by atoms with Crippen molar-refractivity contribution in [3.63, 3.8) is 0 Å². The number of anilines is 2. The zero-order chi connectivity index (χ0) is 15.0. The molecule has 0 aliphatic carbocycles. The standard InChI is InChI=1S/C14H21FN2O3/c1-2-3-6-20-7-4-5-17-13-9-11(15)10(14(18)19)8-12(13)16/h8-9,17H,2-7,16H2,1H3,(H,18,19). The number of rotatable bonds is 9. The Kier molecular flexibility index (Phi) is 6.79. The van der Waals surface area contributed by atoms with Gasteiger partial charge in [-0.05, 0) is 25.0 Å². The first-order valence-electron chi connectivity index (χ1n) is 6.70. The highest BCUT2D eigenvalue weighted by atomic mass is 19.1. The molecule has 0 atom stereocenters. The van der Waals surface area contributed by atoms with Gasteiger partial charge >= 0.3 is 5.97 Å². The van der Waals surface area contributed by atoms with Crippen LogP contribution in [0.3, 0.4) is 0 Å². The maximum Gasteiger partial charge on any atom is 0.338 e. The van der Waals surface area contributed by atoms with Crippen molar-refractivity contribution in [2.75, 3.05) is 30.8 Å². The van der Waals surface area contributed by atoms with Gasteiger partial charge in [-0.2, -0.15) is 0 Å². The molecule has 0 heterocycles. The second kappa shape index (κ2) is 8.37. The molecule has 0 aliphatic heterocycles. The van der Waals surface area contributed by atoms with E-state index in [0.717, 1.165) is 38.0 Å². The number of benzene rings is 1. The lowest BCUT2D eigenvalue weighted by Crippen LogP contribution is -2.10. The molecule has 5 nitrogen and oxygen atoms in total. The number of nitrogens with two attached hydrogens (primary N) is 1. The molecule has 4 N–H and O–H groups in total. The molecular weight excluding hydrogens is 263 g/mol. The number of nitrogens with one attached hydrogen (secondary N) is 1. The van der Waals surface area contributed by atoms with Gasteiger partial charge < -0.3 is 20.9 Å². The quantitative estimate of drug-likeness (QED) is 0.479. The van der Waals surface area contributed by atoms with E-state index in [1.54, 1.807) is 0 Å². The Morgan fingerprint density at radius 1 is 1.40 bits per heavy atom. The van der Waals surface area contributed by atoms with Crippen molar-refractivity contribution in [1.29, 1.82) is 0 Å². The first-order chi connectivity index (χ1) is 9.56. The number of hydrogen-bond donors (Lipinski definition) is 3. The van der Waals surface area contributed by atoms with Gasteiger partial charge in [0.2, 0.25) is 0 Å². The largest absolute Gasteiger partial charge is 0.478 e. The molecule has 1 aromatic carbocycles. The van der Waals surface area contributed by atoms with Gasteiger partial charge in [0, 0.05) is 19.8 Å². The predicted molar refractivity (Wildman–Crippen MR) is 76.6 cm³/mol. The molecule has 0 saturated carbocycles. The fourth-order valence-corrected chi connectivity index (χ4v) is 1.65. The summed E-state index contributed by atoms with van der Waals surface area (Å²) >= 11 is 0. The van der Waals surface area contributed by atoms with Gasteiger partial charge in [-0.25, -0.2) is 9.18 Å². The fourth-order valence-electron chi connectivity index (χ4n) is 1.65. The molecule has 6 heteroatoms. The average molecular weight is 284 g/mol. The molecule has 0 amide bonds. The van der Waals surface area contributed by atoms with Gasteiger partial charge in [0.25, 0.3) is 0 Å². The van der Waals surface area contributed by atoms with E-state index in [2.05, 4.69) is 12.2 Å². The minimum atomic E-state index is -1.33. The van der Waals surface area contributed by atoms with Crippen molar-refractivity contribution in [1.82, 2.24) is 0 Å². The number of halogens is 1. The summed E-state index contributed by atoms with van der Waals surface area (Å²) in [4.78, 5) is 10.7. The van der Waals surface area contributed by atoms with Crippen LogP contribution in [0.15, 0.2) is 12.1 Å². The van der Waals surface area contributed by atoms with Crippen LogP contribution in [0, 0.1) is 5.82 Å². The molecule has 1 aromatic rings. The van der Waals surface area contributed by atoms with Crippen LogP contribution in [0.25, 0.3) is 0 Å². The van der Waals surface area contributed by atoms with E-state index in [0.29, 0.717) is 18.8 Å². The summed E-state index contributed by atoms with van der Waals surface area (Å²) in [5.74, 6) is -2.13. The van der Waals surface area contributed by atoms with E-state index in [1.807, 2.05) is 0 Å². The Bertz CT molecular complexity index is 452. The molecule has 0 radical (unpaired) electrons. The molecule has 0 spiro atoms. The summed E-state index contributed by atoms with van der Waals surface area (Å²) in [6.45, 7) is 4.06. The minimum absolute atomic E-state index is 0.218. The first kappa shape index (κ1) is 16.2. The van der Waals surface area contributed by atoms with E-state index in [9.17, 15) is 9.18 Å². The van der Waals surface area contributed by atoms with Crippen molar-refractivity contribution in [2.45, 2.75) is 26.2 Å². The third kappa shape index (κ3) is 5.05. The third-order valence-electron chi connectivity index (χ3n) is 2.79. The topological polar surface area (TPSA) is 84.6 Å². The summed E-state index contributed by atoms with van der Waals surface area (Å²) in [7, 11) is 0. The van der Waals surface area contributed by atoms with E-state index in [4.69, 9.17) is 15.6 Å². The minimum Gasteiger partial charge on any atom is -0.478 e. The van der Waals surface area contributed by atoms with Crippen LogP contribution in [0.2, 0.25) is 0 Å². The average Bonchev–Trinajstić information content (AvgIpc) is 2.40. The van der Waals surface area contributed by atoms with Gasteiger partial charge in [-0.3, -0.25) is 0 Å². The fraction of sp³-hybridized carbons (Fsp3) is 0.500. The van der Waals surface area contributed by atoms with Crippen molar-refractivity contribution >= 4 is 17.3 Å². The molecule has 0 saturated heterocycles. The molecular formula is C14H21FN2O3. The lowest BCUT2D eigenvalue weighted by atomic mass is 10.1. The Hall–Kier alpha value is -1.82. The lowest BCUT2D eigenvalue weighted by Gasteiger charge is -2.11. The number of nitrogen functional groups attached to an aromatic ring is 1. The highest BCUT2D eigenvalue weighted by Crippen LogP contribution is 2.23. The number of aromatic carboxylic acids is 1. The number of carboxylic acids is 1. The molecule has 0 fully saturated rings. The van der Waals surface area contributed by atoms with Gasteiger partial charge in [0.05, 0.1) is 16.9 Å². The summed E-state index contributed by atoms with van der Waals surface area (Å²) < 4.78 is 18.9. The SMILES string of the molecule is CCCCOCCCNc1cc(F)c(C(=O)O)cc1N. The Morgan fingerprint density at radius 3 is 2.75 bits per heavy atom. The van der Waals surface area contributed by atoms with Crippen molar-refractivity contribution in [3.8, 4) is 0 Å². The van der Waals surface area contributed by atoms with Crippen LogP contribution in [-0.4, -0.2) is 30.8 Å². The highest BCUT2D eigenvalue weighted by molar-refractivity contribution is 5.90.